The molecule has 100 valence electrons. The van der Waals surface area contributed by atoms with Crippen LogP contribution in [0.15, 0.2) is 4.79 Å². The van der Waals surface area contributed by atoms with Crippen LogP contribution in [0.25, 0.3) is 10.2 Å². The molecule has 2 aromatic heterocycles. The van der Waals surface area contributed by atoms with E-state index in [0.29, 0.717) is 0 Å². The minimum Gasteiger partial charge on any atom is -0.309 e. The van der Waals surface area contributed by atoms with E-state index in [2.05, 4.69) is 10.3 Å². The Kier molecular flexibility index (Phi) is 2.70. The molecular formula is C14H17N3OS. The van der Waals surface area contributed by atoms with Crippen molar-refractivity contribution in [2.75, 3.05) is 6.54 Å². The summed E-state index contributed by atoms with van der Waals surface area (Å²) < 4.78 is 0. The fourth-order valence-electron chi connectivity index (χ4n) is 3.26. The van der Waals surface area contributed by atoms with Gasteiger partial charge >= 0.3 is 0 Å². The second-order valence-corrected chi connectivity index (χ2v) is 6.57. The maximum Gasteiger partial charge on any atom is 0.259 e. The van der Waals surface area contributed by atoms with Gasteiger partial charge in [0, 0.05) is 4.88 Å². The van der Waals surface area contributed by atoms with E-state index in [9.17, 15) is 4.79 Å². The first kappa shape index (κ1) is 11.6. The SMILES string of the molecule is O=c1[nH]c(C2CCCN2)nc2sc3c(c12)CCCC3. The van der Waals surface area contributed by atoms with Crippen LogP contribution in [0.5, 0.6) is 0 Å². The Bertz CT molecular complexity index is 682. The van der Waals surface area contributed by atoms with Crippen LogP contribution in [0, 0.1) is 0 Å². The Labute approximate surface area is 115 Å². The van der Waals surface area contributed by atoms with Crippen molar-refractivity contribution in [3.05, 3.63) is 26.6 Å². The number of hydrogen-bond donors (Lipinski definition) is 2. The number of aromatic nitrogens is 2. The molecule has 1 aliphatic carbocycles. The van der Waals surface area contributed by atoms with E-state index in [0.717, 1.165) is 48.3 Å². The van der Waals surface area contributed by atoms with Crippen molar-refractivity contribution in [3.63, 3.8) is 0 Å². The Morgan fingerprint density at radius 3 is 2.95 bits per heavy atom. The first-order valence-corrected chi connectivity index (χ1v) is 7.92. The number of H-pyrrole nitrogens is 1. The molecule has 1 fully saturated rings. The minimum absolute atomic E-state index is 0.0631. The van der Waals surface area contributed by atoms with Crippen LogP contribution in [0.1, 0.15) is 48.0 Å². The van der Waals surface area contributed by atoms with Crippen LogP contribution in [0.4, 0.5) is 0 Å². The quantitative estimate of drug-likeness (QED) is 0.839. The maximum atomic E-state index is 12.4. The van der Waals surface area contributed by atoms with E-state index in [1.807, 2.05) is 0 Å². The van der Waals surface area contributed by atoms with Crippen LogP contribution in [-0.4, -0.2) is 16.5 Å². The highest BCUT2D eigenvalue weighted by atomic mass is 32.1. The Hall–Kier alpha value is -1.20. The molecule has 2 N–H and O–H groups in total. The molecule has 2 aliphatic rings. The van der Waals surface area contributed by atoms with E-state index in [1.165, 1.54) is 23.3 Å². The van der Waals surface area contributed by atoms with Crippen molar-refractivity contribution < 1.29 is 0 Å². The summed E-state index contributed by atoms with van der Waals surface area (Å²) in [5, 5.41) is 4.26. The van der Waals surface area contributed by atoms with Gasteiger partial charge in [0.05, 0.1) is 11.4 Å². The van der Waals surface area contributed by atoms with E-state index in [1.54, 1.807) is 11.3 Å². The number of thiophene rings is 1. The van der Waals surface area contributed by atoms with Gasteiger partial charge in [-0.05, 0) is 50.6 Å². The van der Waals surface area contributed by atoms with Crippen LogP contribution in [0.2, 0.25) is 0 Å². The zero-order chi connectivity index (χ0) is 12.8. The van der Waals surface area contributed by atoms with Gasteiger partial charge in [0.25, 0.3) is 5.56 Å². The smallest absolute Gasteiger partial charge is 0.259 e. The number of aromatic amines is 1. The van der Waals surface area contributed by atoms with Gasteiger partial charge in [-0.2, -0.15) is 0 Å². The molecule has 0 amide bonds. The molecule has 4 nitrogen and oxygen atoms in total. The molecule has 3 heterocycles. The molecule has 19 heavy (non-hydrogen) atoms. The van der Waals surface area contributed by atoms with Gasteiger partial charge in [0.15, 0.2) is 0 Å². The molecule has 2 aromatic rings. The van der Waals surface area contributed by atoms with Crippen molar-refractivity contribution in [1.82, 2.24) is 15.3 Å². The molecule has 1 unspecified atom stereocenters. The lowest BCUT2D eigenvalue weighted by atomic mass is 9.97. The molecular weight excluding hydrogens is 258 g/mol. The monoisotopic (exact) mass is 275 g/mol. The van der Waals surface area contributed by atoms with E-state index in [4.69, 9.17) is 4.98 Å². The summed E-state index contributed by atoms with van der Waals surface area (Å²) >= 11 is 1.73. The summed E-state index contributed by atoms with van der Waals surface area (Å²) in [5.41, 5.74) is 1.33. The summed E-state index contributed by atoms with van der Waals surface area (Å²) in [7, 11) is 0. The van der Waals surface area contributed by atoms with E-state index < -0.39 is 0 Å². The summed E-state index contributed by atoms with van der Waals surface area (Å²) in [4.78, 5) is 22.4. The van der Waals surface area contributed by atoms with Crippen molar-refractivity contribution in [1.29, 1.82) is 0 Å². The highest BCUT2D eigenvalue weighted by Gasteiger charge is 2.23. The highest BCUT2D eigenvalue weighted by molar-refractivity contribution is 7.18. The standard InChI is InChI=1S/C14H17N3OS/c18-13-11-8-4-1-2-6-10(8)19-14(11)17-12(16-13)9-5-3-7-15-9/h9,15H,1-7H2,(H,16,17,18). The van der Waals surface area contributed by atoms with Gasteiger partial charge in [-0.3, -0.25) is 4.79 Å². The molecule has 0 spiro atoms. The third-order valence-electron chi connectivity index (χ3n) is 4.23. The Morgan fingerprint density at radius 2 is 2.11 bits per heavy atom. The second-order valence-electron chi connectivity index (χ2n) is 5.49. The molecule has 0 radical (unpaired) electrons. The Balaban J connectivity index is 1.90. The second kappa shape index (κ2) is 4.42. The lowest BCUT2D eigenvalue weighted by molar-refractivity contribution is 0.606. The number of hydrogen-bond acceptors (Lipinski definition) is 4. The first-order chi connectivity index (χ1) is 9.33. The van der Waals surface area contributed by atoms with Crippen molar-refractivity contribution in [2.24, 2.45) is 0 Å². The molecule has 0 saturated carbocycles. The van der Waals surface area contributed by atoms with Gasteiger partial charge in [0.2, 0.25) is 0 Å². The molecule has 1 saturated heterocycles. The normalized spacial score (nSPS) is 22.8. The molecule has 0 aromatic carbocycles. The largest absolute Gasteiger partial charge is 0.309 e. The van der Waals surface area contributed by atoms with Crippen LogP contribution in [-0.2, 0) is 12.8 Å². The fraction of sp³-hybridized carbons (Fsp3) is 0.571. The van der Waals surface area contributed by atoms with Crippen LogP contribution in [0.3, 0.4) is 0 Å². The van der Waals surface area contributed by atoms with Gasteiger partial charge in [0.1, 0.15) is 10.7 Å². The zero-order valence-electron chi connectivity index (χ0n) is 10.8. The van der Waals surface area contributed by atoms with E-state index in [-0.39, 0.29) is 11.6 Å². The highest BCUT2D eigenvalue weighted by Crippen LogP contribution is 2.34. The first-order valence-electron chi connectivity index (χ1n) is 7.11. The van der Waals surface area contributed by atoms with Gasteiger partial charge < -0.3 is 10.3 Å². The number of fused-ring (bicyclic) bond motifs is 3. The van der Waals surface area contributed by atoms with Crippen molar-refractivity contribution in [3.8, 4) is 0 Å². The van der Waals surface area contributed by atoms with Gasteiger partial charge in [-0.15, -0.1) is 11.3 Å². The molecule has 0 bridgehead atoms. The molecule has 4 rings (SSSR count). The minimum atomic E-state index is 0.0631. The summed E-state index contributed by atoms with van der Waals surface area (Å²) in [6.45, 7) is 1.02. The third-order valence-corrected chi connectivity index (χ3v) is 5.42. The number of nitrogens with one attached hydrogen (secondary N) is 2. The van der Waals surface area contributed by atoms with E-state index >= 15 is 0 Å². The van der Waals surface area contributed by atoms with Crippen LogP contribution < -0.4 is 10.9 Å². The average Bonchev–Trinajstić information content (AvgIpc) is 3.05. The zero-order valence-corrected chi connectivity index (χ0v) is 11.6. The number of aryl methyl sites for hydroxylation is 2. The lowest BCUT2D eigenvalue weighted by Crippen LogP contribution is -2.20. The number of rotatable bonds is 1. The predicted octanol–water partition coefficient (Wildman–Crippen LogP) is 2.29. The number of nitrogens with zero attached hydrogens (tertiary/aromatic N) is 1. The third kappa shape index (κ3) is 1.83. The summed E-state index contributed by atoms with van der Waals surface area (Å²) in [6, 6.07) is 0.233. The summed E-state index contributed by atoms with van der Waals surface area (Å²) in [5.74, 6) is 0.827. The summed E-state index contributed by atoms with van der Waals surface area (Å²) in [6.07, 6.45) is 6.83. The molecule has 1 atom stereocenters. The van der Waals surface area contributed by atoms with Crippen molar-refractivity contribution in [2.45, 2.75) is 44.6 Å². The maximum absolute atomic E-state index is 12.4. The predicted molar refractivity (Wildman–Crippen MR) is 76.9 cm³/mol. The van der Waals surface area contributed by atoms with Crippen LogP contribution >= 0.6 is 11.3 Å². The average molecular weight is 275 g/mol. The fourth-order valence-corrected chi connectivity index (χ4v) is 4.53. The molecule has 1 aliphatic heterocycles. The molecule has 5 heteroatoms. The van der Waals surface area contributed by atoms with Gasteiger partial charge in [-0.25, -0.2) is 4.98 Å². The topological polar surface area (TPSA) is 57.8 Å². The van der Waals surface area contributed by atoms with Crippen molar-refractivity contribution >= 4 is 21.6 Å². The van der Waals surface area contributed by atoms with Gasteiger partial charge in [-0.1, -0.05) is 0 Å². The lowest BCUT2D eigenvalue weighted by Gasteiger charge is -2.10. The Morgan fingerprint density at radius 1 is 1.21 bits per heavy atom.